The summed E-state index contributed by atoms with van der Waals surface area (Å²) >= 11 is 6.06. The van der Waals surface area contributed by atoms with Crippen molar-refractivity contribution in [1.82, 2.24) is 4.31 Å². The number of benzene rings is 1. The Hall–Kier alpha value is -1.15. The van der Waals surface area contributed by atoms with Crippen LogP contribution in [0, 0.1) is 0 Å². The van der Waals surface area contributed by atoms with Gasteiger partial charge >= 0.3 is 5.97 Å². The maximum Gasteiger partial charge on any atom is 0.337 e. The first-order valence-electron chi connectivity index (χ1n) is 6.79. The Morgan fingerprint density at radius 1 is 1.32 bits per heavy atom. The summed E-state index contributed by atoms with van der Waals surface area (Å²) in [5.74, 6) is -0.570. The topological polar surface area (TPSA) is 72.9 Å². The third-order valence-corrected chi connectivity index (χ3v) is 5.67. The monoisotopic (exact) mass is 347 g/mol. The molecule has 0 unspecified atom stereocenters. The number of hydrogen-bond acceptors (Lipinski definition) is 5. The van der Waals surface area contributed by atoms with Crippen molar-refractivity contribution in [1.29, 1.82) is 0 Å². The standard InChI is InChI=1S/C14H18ClNO5S/c1-9-7-16(8-10(2)21-9)22(18,19)13-5-4-11(6-12(13)15)14(17)20-3/h4-6,9-10H,7-8H2,1-3H3/t9-,10+. The number of ether oxygens (including phenoxy) is 2. The lowest BCUT2D eigenvalue weighted by Gasteiger charge is -2.34. The van der Waals surface area contributed by atoms with Crippen molar-refractivity contribution < 1.29 is 22.7 Å². The molecule has 22 heavy (non-hydrogen) atoms. The first-order chi connectivity index (χ1) is 10.3. The van der Waals surface area contributed by atoms with Gasteiger partial charge in [0.15, 0.2) is 0 Å². The number of rotatable bonds is 3. The number of halogens is 1. The first-order valence-corrected chi connectivity index (χ1v) is 8.61. The number of carbonyl (C=O) groups excluding carboxylic acids is 1. The van der Waals surface area contributed by atoms with Gasteiger partial charge in [-0.2, -0.15) is 4.31 Å². The molecular weight excluding hydrogens is 330 g/mol. The predicted octanol–water partition coefficient (Wildman–Crippen LogP) is 1.92. The zero-order chi connectivity index (χ0) is 16.5. The van der Waals surface area contributed by atoms with Gasteiger partial charge in [-0.05, 0) is 32.0 Å². The smallest absolute Gasteiger partial charge is 0.337 e. The molecule has 1 aliphatic heterocycles. The quantitative estimate of drug-likeness (QED) is 0.781. The minimum atomic E-state index is -3.74. The third kappa shape index (κ3) is 3.43. The van der Waals surface area contributed by atoms with E-state index < -0.39 is 16.0 Å². The normalized spacial score (nSPS) is 23.3. The van der Waals surface area contributed by atoms with Gasteiger partial charge in [0, 0.05) is 13.1 Å². The summed E-state index contributed by atoms with van der Waals surface area (Å²) in [6.45, 7) is 4.17. The van der Waals surface area contributed by atoms with E-state index in [0.29, 0.717) is 0 Å². The summed E-state index contributed by atoms with van der Waals surface area (Å²) in [5.41, 5.74) is 0.204. The Morgan fingerprint density at radius 2 is 1.91 bits per heavy atom. The highest BCUT2D eigenvalue weighted by Crippen LogP contribution is 2.28. The molecule has 0 aliphatic carbocycles. The van der Waals surface area contributed by atoms with Gasteiger partial charge in [0.05, 0.1) is 29.9 Å². The Bertz CT molecular complexity index is 666. The molecule has 1 fully saturated rings. The summed E-state index contributed by atoms with van der Waals surface area (Å²) in [4.78, 5) is 11.4. The fraction of sp³-hybridized carbons (Fsp3) is 0.500. The Morgan fingerprint density at radius 3 is 2.41 bits per heavy atom. The van der Waals surface area contributed by atoms with E-state index in [9.17, 15) is 13.2 Å². The molecule has 8 heteroatoms. The van der Waals surface area contributed by atoms with E-state index in [0.717, 1.165) is 0 Å². The highest BCUT2D eigenvalue weighted by atomic mass is 35.5. The second-order valence-electron chi connectivity index (χ2n) is 5.22. The molecule has 1 aromatic rings. The Kier molecular flexibility index (Phi) is 5.11. The maximum atomic E-state index is 12.7. The van der Waals surface area contributed by atoms with Crippen LogP contribution < -0.4 is 0 Å². The molecular formula is C14H18ClNO5S. The van der Waals surface area contributed by atoms with Gasteiger partial charge in [0.25, 0.3) is 0 Å². The fourth-order valence-corrected chi connectivity index (χ4v) is 4.53. The lowest BCUT2D eigenvalue weighted by atomic mass is 10.2. The molecule has 0 bridgehead atoms. The molecule has 0 radical (unpaired) electrons. The first kappa shape index (κ1) is 17.2. The van der Waals surface area contributed by atoms with Gasteiger partial charge in [-0.25, -0.2) is 13.2 Å². The van der Waals surface area contributed by atoms with Crippen molar-refractivity contribution in [2.75, 3.05) is 20.2 Å². The van der Waals surface area contributed by atoms with Crippen LogP contribution in [0.25, 0.3) is 0 Å². The van der Waals surface area contributed by atoms with Crippen LogP contribution in [0.1, 0.15) is 24.2 Å². The van der Waals surface area contributed by atoms with Crippen molar-refractivity contribution in [3.05, 3.63) is 28.8 Å². The number of esters is 1. The summed E-state index contributed by atoms with van der Waals surface area (Å²) in [6.07, 6.45) is -0.377. The SMILES string of the molecule is COC(=O)c1ccc(S(=O)(=O)N2C[C@@H](C)O[C@@H](C)C2)c(Cl)c1. The molecule has 0 aromatic heterocycles. The van der Waals surface area contributed by atoms with Crippen LogP contribution in [0.5, 0.6) is 0 Å². The second-order valence-corrected chi connectivity index (χ2v) is 7.53. The van der Waals surface area contributed by atoms with Gasteiger partial charge in [0.1, 0.15) is 4.90 Å². The number of sulfonamides is 1. The molecule has 1 heterocycles. The molecule has 2 atom stereocenters. The molecule has 1 aliphatic rings. The zero-order valence-electron chi connectivity index (χ0n) is 12.6. The van der Waals surface area contributed by atoms with Gasteiger partial charge < -0.3 is 9.47 Å². The van der Waals surface area contributed by atoms with Crippen molar-refractivity contribution in [2.24, 2.45) is 0 Å². The van der Waals surface area contributed by atoms with E-state index in [2.05, 4.69) is 4.74 Å². The van der Waals surface area contributed by atoms with E-state index in [4.69, 9.17) is 16.3 Å². The van der Waals surface area contributed by atoms with Gasteiger partial charge in [-0.1, -0.05) is 11.6 Å². The lowest BCUT2D eigenvalue weighted by Crippen LogP contribution is -2.48. The summed E-state index contributed by atoms with van der Waals surface area (Å²) in [5, 5.41) is -0.00491. The minimum absolute atomic E-state index is 0.00491. The van der Waals surface area contributed by atoms with Crippen LogP contribution in [0.4, 0.5) is 0 Å². The van der Waals surface area contributed by atoms with E-state index in [-0.39, 0.29) is 40.8 Å². The molecule has 0 amide bonds. The molecule has 122 valence electrons. The number of nitrogens with zero attached hydrogens (tertiary/aromatic N) is 1. The van der Waals surface area contributed by atoms with E-state index >= 15 is 0 Å². The Labute approximate surface area is 135 Å². The number of morpholine rings is 1. The lowest BCUT2D eigenvalue weighted by molar-refractivity contribution is -0.0440. The van der Waals surface area contributed by atoms with E-state index in [1.807, 2.05) is 13.8 Å². The van der Waals surface area contributed by atoms with E-state index in [1.54, 1.807) is 0 Å². The van der Waals surface area contributed by atoms with Crippen molar-refractivity contribution in [3.8, 4) is 0 Å². The Balaban J connectivity index is 2.35. The molecule has 0 spiro atoms. The number of hydrogen-bond donors (Lipinski definition) is 0. The molecule has 1 aromatic carbocycles. The van der Waals surface area contributed by atoms with Crippen molar-refractivity contribution in [2.45, 2.75) is 31.0 Å². The van der Waals surface area contributed by atoms with Crippen LogP contribution in [0.3, 0.4) is 0 Å². The average molecular weight is 348 g/mol. The van der Waals surface area contributed by atoms with Crippen molar-refractivity contribution in [3.63, 3.8) is 0 Å². The highest BCUT2D eigenvalue weighted by Gasteiger charge is 2.33. The number of methoxy groups -OCH3 is 1. The van der Waals surface area contributed by atoms with Gasteiger partial charge in [0.2, 0.25) is 10.0 Å². The molecule has 0 N–H and O–H groups in total. The van der Waals surface area contributed by atoms with Crippen LogP contribution in [-0.4, -0.2) is 51.1 Å². The van der Waals surface area contributed by atoms with Gasteiger partial charge in [-0.15, -0.1) is 0 Å². The predicted molar refractivity (Wildman–Crippen MR) is 81.6 cm³/mol. The largest absolute Gasteiger partial charge is 0.465 e. The van der Waals surface area contributed by atoms with Crippen LogP contribution in [0.2, 0.25) is 5.02 Å². The maximum absolute atomic E-state index is 12.7. The highest BCUT2D eigenvalue weighted by molar-refractivity contribution is 7.89. The summed E-state index contributed by atoms with van der Waals surface area (Å²) in [6, 6.07) is 4.01. The minimum Gasteiger partial charge on any atom is -0.465 e. The fourth-order valence-electron chi connectivity index (χ4n) is 2.42. The van der Waals surface area contributed by atoms with Gasteiger partial charge in [-0.3, -0.25) is 0 Å². The second kappa shape index (κ2) is 6.54. The van der Waals surface area contributed by atoms with Crippen LogP contribution in [-0.2, 0) is 19.5 Å². The summed E-state index contributed by atoms with van der Waals surface area (Å²) < 4.78 is 36.9. The number of carbonyl (C=O) groups is 1. The summed E-state index contributed by atoms with van der Waals surface area (Å²) in [7, 11) is -2.49. The average Bonchev–Trinajstić information content (AvgIpc) is 2.45. The molecule has 1 saturated heterocycles. The zero-order valence-corrected chi connectivity index (χ0v) is 14.1. The third-order valence-electron chi connectivity index (χ3n) is 3.36. The van der Waals surface area contributed by atoms with E-state index in [1.165, 1.54) is 29.6 Å². The van der Waals surface area contributed by atoms with Crippen LogP contribution in [0.15, 0.2) is 23.1 Å². The molecule has 2 rings (SSSR count). The van der Waals surface area contributed by atoms with Crippen molar-refractivity contribution >= 4 is 27.6 Å². The van der Waals surface area contributed by atoms with Crippen LogP contribution >= 0.6 is 11.6 Å². The molecule has 0 saturated carbocycles. The molecule has 6 nitrogen and oxygen atoms in total.